The Morgan fingerprint density at radius 2 is 1.88 bits per heavy atom. The Kier molecular flexibility index (Phi) is 5.16. The number of hydrogen-bond acceptors (Lipinski definition) is 3. The Bertz CT molecular complexity index is 387. The minimum atomic E-state index is -0.183. The lowest BCUT2D eigenvalue weighted by atomic mass is 10.1. The van der Waals surface area contributed by atoms with Gasteiger partial charge in [0, 0.05) is 32.1 Å². The van der Waals surface area contributed by atoms with E-state index in [4.69, 9.17) is 5.73 Å². The van der Waals surface area contributed by atoms with Gasteiger partial charge < -0.3 is 16.4 Å². The quantitative estimate of drug-likeness (QED) is 0.672. The molecule has 0 unspecified atom stereocenters. The number of benzene rings is 1. The number of nitrogens with two attached hydrogens (primary N) is 1. The van der Waals surface area contributed by atoms with Crippen molar-refractivity contribution in [1.82, 2.24) is 10.6 Å². The van der Waals surface area contributed by atoms with E-state index >= 15 is 0 Å². The van der Waals surface area contributed by atoms with Gasteiger partial charge in [0.05, 0.1) is 0 Å². The highest BCUT2D eigenvalue weighted by Gasteiger charge is 2.05. The van der Waals surface area contributed by atoms with Crippen molar-refractivity contribution in [2.45, 2.75) is 13.0 Å². The van der Waals surface area contributed by atoms with Crippen LogP contribution in [0.4, 0.5) is 0 Å². The summed E-state index contributed by atoms with van der Waals surface area (Å²) in [5.41, 5.74) is 7.01. The third-order valence-electron chi connectivity index (χ3n) is 2.37. The first-order valence-corrected chi connectivity index (χ1v) is 5.45. The minimum absolute atomic E-state index is 0.0937. The number of nitrogens with one attached hydrogen (secondary N) is 2. The zero-order chi connectivity index (χ0) is 12.7. The van der Waals surface area contributed by atoms with Gasteiger partial charge in [0.15, 0.2) is 0 Å². The van der Waals surface area contributed by atoms with E-state index in [0.29, 0.717) is 18.7 Å². The van der Waals surface area contributed by atoms with Crippen molar-refractivity contribution in [1.29, 1.82) is 0 Å². The molecule has 0 aliphatic rings. The Morgan fingerprint density at radius 1 is 1.24 bits per heavy atom. The molecule has 0 saturated heterocycles. The summed E-state index contributed by atoms with van der Waals surface area (Å²) in [5, 5.41) is 5.16. The average molecular weight is 235 g/mol. The van der Waals surface area contributed by atoms with E-state index in [0.717, 1.165) is 5.56 Å². The molecule has 0 atom stereocenters. The molecule has 2 amide bonds. The Balaban J connectivity index is 2.44. The Hall–Kier alpha value is -1.88. The molecule has 5 nitrogen and oxygen atoms in total. The monoisotopic (exact) mass is 235 g/mol. The molecule has 0 aromatic heterocycles. The topological polar surface area (TPSA) is 84.2 Å². The van der Waals surface area contributed by atoms with Crippen molar-refractivity contribution in [3.8, 4) is 0 Å². The second-order valence-corrected chi connectivity index (χ2v) is 3.58. The maximum absolute atomic E-state index is 11.6. The molecule has 1 aromatic rings. The van der Waals surface area contributed by atoms with Crippen LogP contribution in [0, 0.1) is 0 Å². The van der Waals surface area contributed by atoms with Crippen LogP contribution in [-0.2, 0) is 11.3 Å². The third-order valence-corrected chi connectivity index (χ3v) is 2.37. The molecule has 0 bridgehead atoms. The summed E-state index contributed by atoms with van der Waals surface area (Å²) in [6, 6.07) is 7.07. The lowest BCUT2D eigenvalue weighted by molar-refractivity contribution is -0.120. The Labute approximate surface area is 100 Å². The molecule has 1 rings (SSSR count). The summed E-state index contributed by atoms with van der Waals surface area (Å²) < 4.78 is 0. The van der Waals surface area contributed by atoms with Gasteiger partial charge in [0.1, 0.15) is 0 Å². The standard InChI is InChI=1S/C12H17N3O2/c1-14-11(16)6-7-15-12(17)10-4-2-9(8-13)3-5-10/h2-5H,6-8,13H2,1H3,(H,14,16)(H,15,17). The van der Waals surface area contributed by atoms with E-state index < -0.39 is 0 Å². The van der Waals surface area contributed by atoms with Crippen LogP contribution in [0.25, 0.3) is 0 Å². The van der Waals surface area contributed by atoms with Crippen molar-refractivity contribution >= 4 is 11.8 Å². The smallest absolute Gasteiger partial charge is 0.251 e. The van der Waals surface area contributed by atoms with Crippen molar-refractivity contribution in [3.63, 3.8) is 0 Å². The molecule has 4 N–H and O–H groups in total. The van der Waals surface area contributed by atoms with E-state index in [-0.39, 0.29) is 18.2 Å². The molecule has 5 heteroatoms. The first kappa shape index (κ1) is 13.2. The second-order valence-electron chi connectivity index (χ2n) is 3.58. The van der Waals surface area contributed by atoms with Gasteiger partial charge in [0.25, 0.3) is 5.91 Å². The largest absolute Gasteiger partial charge is 0.359 e. The third kappa shape index (κ3) is 4.24. The van der Waals surface area contributed by atoms with Gasteiger partial charge in [-0.05, 0) is 17.7 Å². The number of hydrogen-bond donors (Lipinski definition) is 3. The minimum Gasteiger partial charge on any atom is -0.359 e. The van der Waals surface area contributed by atoms with Gasteiger partial charge in [-0.25, -0.2) is 0 Å². The van der Waals surface area contributed by atoms with Gasteiger partial charge in [-0.1, -0.05) is 12.1 Å². The fourth-order valence-corrected chi connectivity index (χ4v) is 1.31. The van der Waals surface area contributed by atoms with E-state index in [1.807, 2.05) is 12.1 Å². The van der Waals surface area contributed by atoms with Crippen LogP contribution in [0.2, 0.25) is 0 Å². The molecular formula is C12H17N3O2. The van der Waals surface area contributed by atoms with E-state index in [9.17, 15) is 9.59 Å². The van der Waals surface area contributed by atoms with Gasteiger partial charge in [-0.15, -0.1) is 0 Å². The van der Waals surface area contributed by atoms with Crippen molar-refractivity contribution in [2.24, 2.45) is 5.73 Å². The fraction of sp³-hybridized carbons (Fsp3) is 0.333. The average Bonchev–Trinajstić information content (AvgIpc) is 2.38. The Morgan fingerprint density at radius 3 is 2.41 bits per heavy atom. The highest BCUT2D eigenvalue weighted by Crippen LogP contribution is 2.03. The van der Waals surface area contributed by atoms with Gasteiger partial charge >= 0.3 is 0 Å². The van der Waals surface area contributed by atoms with Gasteiger partial charge in [-0.3, -0.25) is 9.59 Å². The zero-order valence-electron chi connectivity index (χ0n) is 9.82. The maximum atomic E-state index is 11.6. The van der Waals surface area contributed by atoms with Crippen LogP contribution in [0.1, 0.15) is 22.3 Å². The molecule has 0 radical (unpaired) electrons. The summed E-state index contributed by atoms with van der Waals surface area (Å²) in [7, 11) is 1.57. The molecule has 0 heterocycles. The number of amides is 2. The van der Waals surface area contributed by atoms with Crippen molar-refractivity contribution in [3.05, 3.63) is 35.4 Å². The first-order valence-electron chi connectivity index (χ1n) is 5.45. The molecule has 17 heavy (non-hydrogen) atoms. The van der Waals surface area contributed by atoms with E-state index in [1.165, 1.54) is 0 Å². The highest BCUT2D eigenvalue weighted by atomic mass is 16.2. The van der Waals surface area contributed by atoms with E-state index in [1.54, 1.807) is 19.2 Å². The van der Waals surface area contributed by atoms with Crippen LogP contribution < -0.4 is 16.4 Å². The molecule has 0 saturated carbocycles. The van der Waals surface area contributed by atoms with Crippen LogP contribution in [0.3, 0.4) is 0 Å². The lowest BCUT2D eigenvalue weighted by Gasteiger charge is -2.05. The lowest BCUT2D eigenvalue weighted by Crippen LogP contribution is -2.29. The van der Waals surface area contributed by atoms with Crippen LogP contribution in [-0.4, -0.2) is 25.4 Å². The van der Waals surface area contributed by atoms with Crippen molar-refractivity contribution < 1.29 is 9.59 Å². The first-order chi connectivity index (χ1) is 8.17. The normalized spacial score (nSPS) is 9.76. The number of carbonyl (C=O) groups excluding carboxylic acids is 2. The molecule has 0 aliphatic carbocycles. The zero-order valence-corrected chi connectivity index (χ0v) is 9.82. The van der Waals surface area contributed by atoms with Gasteiger partial charge in [-0.2, -0.15) is 0 Å². The van der Waals surface area contributed by atoms with E-state index in [2.05, 4.69) is 10.6 Å². The van der Waals surface area contributed by atoms with Crippen LogP contribution >= 0.6 is 0 Å². The summed E-state index contributed by atoms with van der Waals surface area (Å²) in [6.07, 6.45) is 0.281. The molecule has 0 aliphatic heterocycles. The predicted molar refractivity (Wildman–Crippen MR) is 65.4 cm³/mol. The molecule has 0 spiro atoms. The molecule has 92 valence electrons. The maximum Gasteiger partial charge on any atom is 0.251 e. The SMILES string of the molecule is CNC(=O)CCNC(=O)c1ccc(CN)cc1. The molecular weight excluding hydrogens is 218 g/mol. The van der Waals surface area contributed by atoms with Crippen molar-refractivity contribution in [2.75, 3.05) is 13.6 Å². The second kappa shape index (κ2) is 6.65. The van der Waals surface area contributed by atoms with Crippen LogP contribution in [0.15, 0.2) is 24.3 Å². The summed E-state index contributed by atoms with van der Waals surface area (Å²) in [4.78, 5) is 22.6. The highest BCUT2D eigenvalue weighted by molar-refractivity contribution is 5.94. The summed E-state index contributed by atoms with van der Waals surface area (Å²) >= 11 is 0. The molecule has 1 aromatic carbocycles. The summed E-state index contributed by atoms with van der Waals surface area (Å²) in [6.45, 7) is 0.787. The fourth-order valence-electron chi connectivity index (χ4n) is 1.31. The predicted octanol–water partition coefficient (Wildman–Crippen LogP) is 0.0112. The number of carbonyl (C=O) groups is 2. The number of rotatable bonds is 5. The van der Waals surface area contributed by atoms with Gasteiger partial charge in [0.2, 0.25) is 5.91 Å². The summed E-state index contributed by atoms with van der Waals surface area (Å²) in [5.74, 6) is -0.277. The van der Waals surface area contributed by atoms with Crippen LogP contribution in [0.5, 0.6) is 0 Å². The molecule has 0 fully saturated rings.